The van der Waals surface area contributed by atoms with Crippen LogP contribution in [0.5, 0.6) is 0 Å². The molecule has 1 fully saturated rings. The molecule has 0 saturated heterocycles. The van der Waals surface area contributed by atoms with Gasteiger partial charge in [0.1, 0.15) is 5.60 Å². The highest BCUT2D eigenvalue weighted by atomic mass is 35.5. The van der Waals surface area contributed by atoms with E-state index in [9.17, 15) is 9.59 Å². The topological polar surface area (TPSA) is 80.3 Å². The molecule has 25 heavy (non-hydrogen) atoms. The molecule has 1 saturated carbocycles. The Hall–Kier alpha value is -1.82. The molecule has 2 N–H and O–H groups in total. The number of nitrogens with one attached hydrogen (secondary N) is 2. The van der Waals surface area contributed by atoms with Crippen molar-refractivity contribution in [2.75, 3.05) is 11.9 Å². The molecular weight excluding hydrogens is 342 g/mol. The Morgan fingerprint density at radius 3 is 2.56 bits per heavy atom. The van der Waals surface area contributed by atoms with Crippen LogP contribution in [-0.2, 0) is 9.53 Å². The Bertz CT molecular complexity index is 608. The highest BCUT2D eigenvalue weighted by Gasteiger charge is 2.27. The van der Waals surface area contributed by atoms with E-state index in [1.165, 1.54) is 0 Å². The number of amides is 2. The quantitative estimate of drug-likeness (QED) is 0.788. The van der Waals surface area contributed by atoms with Crippen LogP contribution in [0.25, 0.3) is 0 Å². The minimum Gasteiger partial charge on any atom is -0.444 e. The lowest BCUT2D eigenvalue weighted by Crippen LogP contribution is -2.37. The summed E-state index contributed by atoms with van der Waals surface area (Å²) in [6, 6.07) is 3.48. The standard InChI is InChI=1S/C18H26ClN3O3/c1-18(2,3)25-17(24)21-11-12-6-8-13(9-7-12)16(23)22-14-5-4-10-20-15(14)19/h4-5,10,12-13H,6-9,11H2,1-3H3,(H,21,24)(H,22,23). The van der Waals surface area contributed by atoms with Gasteiger partial charge in [-0.15, -0.1) is 0 Å². The van der Waals surface area contributed by atoms with Crippen molar-refractivity contribution in [1.82, 2.24) is 10.3 Å². The van der Waals surface area contributed by atoms with E-state index in [1.807, 2.05) is 20.8 Å². The van der Waals surface area contributed by atoms with Gasteiger partial charge in [0.15, 0.2) is 5.15 Å². The first-order valence-corrected chi connectivity index (χ1v) is 9.00. The Balaban J connectivity index is 1.73. The molecule has 6 nitrogen and oxygen atoms in total. The smallest absolute Gasteiger partial charge is 0.407 e. The lowest BCUT2D eigenvalue weighted by Gasteiger charge is -2.28. The van der Waals surface area contributed by atoms with Crippen molar-refractivity contribution >= 4 is 29.3 Å². The monoisotopic (exact) mass is 367 g/mol. The van der Waals surface area contributed by atoms with Crippen molar-refractivity contribution in [3.63, 3.8) is 0 Å². The molecule has 2 amide bonds. The number of aromatic nitrogens is 1. The molecule has 1 aliphatic carbocycles. The summed E-state index contributed by atoms with van der Waals surface area (Å²) in [5, 5.41) is 5.96. The van der Waals surface area contributed by atoms with Crippen molar-refractivity contribution < 1.29 is 14.3 Å². The van der Waals surface area contributed by atoms with Crippen LogP contribution in [0.4, 0.5) is 10.5 Å². The van der Waals surface area contributed by atoms with Gasteiger partial charge in [-0.25, -0.2) is 9.78 Å². The van der Waals surface area contributed by atoms with Crippen LogP contribution in [0, 0.1) is 11.8 Å². The second-order valence-electron chi connectivity index (χ2n) is 7.43. The Labute approximate surface area is 153 Å². The van der Waals surface area contributed by atoms with E-state index in [-0.39, 0.29) is 11.8 Å². The van der Waals surface area contributed by atoms with Gasteiger partial charge in [0, 0.05) is 18.7 Å². The largest absolute Gasteiger partial charge is 0.444 e. The number of carbonyl (C=O) groups excluding carboxylic acids is 2. The van der Waals surface area contributed by atoms with Crippen molar-refractivity contribution in [2.45, 2.75) is 52.1 Å². The zero-order chi connectivity index (χ0) is 18.4. The van der Waals surface area contributed by atoms with E-state index in [4.69, 9.17) is 16.3 Å². The van der Waals surface area contributed by atoms with Crippen LogP contribution in [0.2, 0.25) is 5.15 Å². The fourth-order valence-electron chi connectivity index (χ4n) is 2.88. The van der Waals surface area contributed by atoms with Gasteiger partial charge in [0.2, 0.25) is 5.91 Å². The van der Waals surface area contributed by atoms with Crippen molar-refractivity contribution in [1.29, 1.82) is 0 Å². The summed E-state index contributed by atoms with van der Waals surface area (Å²) in [4.78, 5) is 28.0. The highest BCUT2D eigenvalue weighted by molar-refractivity contribution is 6.32. The number of alkyl carbamates (subject to hydrolysis) is 1. The Morgan fingerprint density at radius 2 is 1.96 bits per heavy atom. The molecular formula is C18H26ClN3O3. The van der Waals surface area contributed by atoms with Gasteiger partial charge in [0.05, 0.1) is 5.69 Å². The summed E-state index contributed by atoms with van der Waals surface area (Å²) in [5.41, 5.74) is 0.0517. The molecule has 0 unspecified atom stereocenters. The minimum atomic E-state index is -0.493. The van der Waals surface area contributed by atoms with Crippen LogP contribution in [0.3, 0.4) is 0 Å². The summed E-state index contributed by atoms with van der Waals surface area (Å²) in [5.74, 6) is 0.320. The Morgan fingerprint density at radius 1 is 1.28 bits per heavy atom. The minimum absolute atomic E-state index is 0.0200. The van der Waals surface area contributed by atoms with Crippen LogP contribution < -0.4 is 10.6 Å². The van der Waals surface area contributed by atoms with E-state index in [0.29, 0.717) is 23.3 Å². The maximum atomic E-state index is 12.4. The van der Waals surface area contributed by atoms with Crippen molar-refractivity contribution in [2.24, 2.45) is 11.8 Å². The number of pyridine rings is 1. The number of anilines is 1. The van der Waals surface area contributed by atoms with Gasteiger partial charge in [-0.05, 0) is 64.5 Å². The second-order valence-corrected chi connectivity index (χ2v) is 7.79. The van der Waals surface area contributed by atoms with Crippen LogP contribution in [0.1, 0.15) is 46.5 Å². The number of rotatable bonds is 4. The van der Waals surface area contributed by atoms with Gasteiger partial charge < -0.3 is 15.4 Å². The third-order valence-electron chi connectivity index (χ3n) is 4.17. The van der Waals surface area contributed by atoms with E-state index in [1.54, 1.807) is 18.3 Å². The Kier molecular flexibility index (Phi) is 6.64. The molecule has 1 aromatic rings. The number of hydrogen-bond donors (Lipinski definition) is 2. The van der Waals surface area contributed by atoms with Crippen LogP contribution >= 0.6 is 11.6 Å². The molecule has 2 rings (SSSR count). The van der Waals surface area contributed by atoms with Crippen LogP contribution in [0.15, 0.2) is 18.3 Å². The van der Waals surface area contributed by atoms with Gasteiger partial charge in [-0.1, -0.05) is 11.6 Å². The number of halogens is 1. The van der Waals surface area contributed by atoms with Gasteiger partial charge in [0.25, 0.3) is 0 Å². The molecule has 0 atom stereocenters. The van der Waals surface area contributed by atoms with Gasteiger partial charge in [-0.3, -0.25) is 4.79 Å². The number of carbonyl (C=O) groups is 2. The third-order valence-corrected chi connectivity index (χ3v) is 4.47. The first-order chi connectivity index (χ1) is 11.7. The zero-order valence-corrected chi connectivity index (χ0v) is 15.7. The second kappa shape index (κ2) is 8.52. The molecule has 0 bridgehead atoms. The number of nitrogens with zero attached hydrogens (tertiary/aromatic N) is 1. The normalized spacial score (nSPS) is 20.6. The molecule has 1 aliphatic rings. The fourth-order valence-corrected chi connectivity index (χ4v) is 3.05. The maximum absolute atomic E-state index is 12.4. The average molecular weight is 368 g/mol. The molecule has 7 heteroatoms. The SMILES string of the molecule is CC(C)(C)OC(=O)NCC1CCC(C(=O)Nc2cccnc2Cl)CC1. The van der Waals surface area contributed by atoms with E-state index < -0.39 is 11.7 Å². The lowest BCUT2D eigenvalue weighted by molar-refractivity contribution is -0.121. The van der Waals surface area contributed by atoms with E-state index in [2.05, 4.69) is 15.6 Å². The molecule has 0 aliphatic heterocycles. The molecule has 1 aromatic heterocycles. The molecule has 1 heterocycles. The number of hydrogen-bond acceptors (Lipinski definition) is 4. The zero-order valence-electron chi connectivity index (χ0n) is 15.0. The predicted octanol–water partition coefficient (Wildman–Crippen LogP) is 4.00. The van der Waals surface area contributed by atoms with Crippen molar-refractivity contribution in [3.8, 4) is 0 Å². The predicted molar refractivity (Wildman–Crippen MR) is 97.6 cm³/mol. The van der Waals surface area contributed by atoms with Crippen LogP contribution in [-0.4, -0.2) is 29.1 Å². The molecule has 0 spiro atoms. The average Bonchev–Trinajstić information content (AvgIpc) is 2.54. The fraction of sp³-hybridized carbons (Fsp3) is 0.611. The van der Waals surface area contributed by atoms with E-state index >= 15 is 0 Å². The summed E-state index contributed by atoms with van der Waals surface area (Å²) in [7, 11) is 0. The number of ether oxygens (including phenoxy) is 1. The summed E-state index contributed by atoms with van der Waals surface area (Å²) >= 11 is 5.97. The maximum Gasteiger partial charge on any atom is 0.407 e. The highest BCUT2D eigenvalue weighted by Crippen LogP contribution is 2.30. The summed E-state index contributed by atoms with van der Waals surface area (Å²) < 4.78 is 5.23. The van der Waals surface area contributed by atoms with E-state index in [0.717, 1.165) is 25.7 Å². The van der Waals surface area contributed by atoms with Gasteiger partial charge >= 0.3 is 6.09 Å². The molecule has 138 valence electrons. The summed E-state index contributed by atoms with van der Waals surface area (Å²) in [6.07, 6.45) is 4.58. The first kappa shape index (κ1) is 19.5. The molecule has 0 aromatic carbocycles. The lowest BCUT2D eigenvalue weighted by atomic mass is 9.81. The van der Waals surface area contributed by atoms with Gasteiger partial charge in [-0.2, -0.15) is 0 Å². The molecule has 0 radical (unpaired) electrons. The third kappa shape index (κ3) is 6.53. The summed E-state index contributed by atoms with van der Waals surface area (Å²) in [6.45, 7) is 6.10. The first-order valence-electron chi connectivity index (χ1n) is 8.63. The van der Waals surface area contributed by atoms with Crippen molar-refractivity contribution in [3.05, 3.63) is 23.5 Å².